The first-order valence-electron chi connectivity index (χ1n) is 5.00. The summed E-state index contributed by atoms with van der Waals surface area (Å²) in [5.41, 5.74) is 0. The lowest BCUT2D eigenvalue weighted by Gasteiger charge is -2.26. The standard InChI is InChI=1S/C9H20N2O2/c1-9(12)10-3-2-4-11-5-7-13-8-6-11/h9-10,12H,2-8H2,1H3. The van der Waals surface area contributed by atoms with E-state index in [1.165, 1.54) is 0 Å². The van der Waals surface area contributed by atoms with Crippen LogP contribution in [0.2, 0.25) is 0 Å². The summed E-state index contributed by atoms with van der Waals surface area (Å²) >= 11 is 0. The Bertz CT molecular complexity index is 125. The maximum Gasteiger partial charge on any atom is 0.102 e. The van der Waals surface area contributed by atoms with Gasteiger partial charge in [-0.1, -0.05) is 0 Å². The summed E-state index contributed by atoms with van der Waals surface area (Å²) in [6.07, 6.45) is 0.704. The Morgan fingerprint density at radius 2 is 2.15 bits per heavy atom. The van der Waals surface area contributed by atoms with Crippen LogP contribution in [0.1, 0.15) is 13.3 Å². The molecule has 0 aromatic heterocycles. The summed E-state index contributed by atoms with van der Waals surface area (Å²) in [6, 6.07) is 0. The van der Waals surface area contributed by atoms with E-state index in [-0.39, 0.29) is 6.23 Å². The Hall–Kier alpha value is -0.160. The van der Waals surface area contributed by atoms with Gasteiger partial charge < -0.3 is 9.84 Å². The van der Waals surface area contributed by atoms with E-state index in [1.807, 2.05) is 0 Å². The first-order chi connectivity index (χ1) is 6.29. The maximum absolute atomic E-state index is 8.94. The number of ether oxygens (including phenoxy) is 1. The Kier molecular flexibility index (Phi) is 5.31. The summed E-state index contributed by atoms with van der Waals surface area (Å²) in [5, 5.41) is 11.9. The summed E-state index contributed by atoms with van der Waals surface area (Å²) in [5.74, 6) is 0. The van der Waals surface area contributed by atoms with Gasteiger partial charge in [-0.05, 0) is 26.4 Å². The molecule has 4 heteroatoms. The monoisotopic (exact) mass is 188 g/mol. The molecule has 0 amide bonds. The Morgan fingerprint density at radius 3 is 2.77 bits per heavy atom. The van der Waals surface area contributed by atoms with Gasteiger partial charge in [-0.15, -0.1) is 0 Å². The van der Waals surface area contributed by atoms with Crippen molar-refractivity contribution < 1.29 is 9.84 Å². The number of rotatable bonds is 5. The molecule has 0 radical (unpaired) electrons. The largest absolute Gasteiger partial charge is 0.379 e. The van der Waals surface area contributed by atoms with E-state index in [1.54, 1.807) is 6.92 Å². The topological polar surface area (TPSA) is 44.7 Å². The van der Waals surface area contributed by atoms with Crippen molar-refractivity contribution in [2.75, 3.05) is 39.4 Å². The van der Waals surface area contributed by atoms with Crippen LogP contribution in [0.15, 0.2) is 0 Å². The second kappa shape index (κ2) is 6.32. The number of nitrogens with one attached hydrogen (secondary N) is 1. The van der Waals surface area contributed by atoms with E-state index in [9.17, 15) is 0 Å². The smallest absolute Gasteiger partial charge is 0.102 e. The number of nitrogens with zero attached hydrogens (tertiary/aromatic N) is 1. The van der Waals surface area contributed by atoms with E-state index >= 15 is 0 Å². The van der Waals surface area contributed by atoms with E-state index in [2.05, 4.69) is 10.2 Å². The van der Waals surface area contributed by atoms with Crippen LogP contribution in [0.3, 0.4) is 0 Å². The number of hydrogen-bond acceptors (Lipinski definition) is 4. The molecule has 0 aliphatic carbocycles. The van der Waals surface area contributed by atoms with Crippen molar-refractivity contribution in [1.29, 1.82) is 0 Å². The highest BCUT2D eigenvalue weighted by Gasteiger charge is 2.08. The van der Waals surface area contributed by atoms with Gasteiger partial charge in [0.05, 0.1) is 13.2 Å². The van der Waals surface area contributed by atoms with Crippen LogP contribution in [0.5, 0.6) is 0 Å². The zero-order valence-electron chi connectivity index (χ0n) is 8.33. The van der Waals surface area contributed by atoms with Crippen LogP contribution in [0, 0.1) is 0 Å². The summed E-state index contributed by atoms with van der Waals surface area (Å²) < 4.78 is 5.25. The van der Waals surface area contributed by atoms with Crippen LogP contribution in [0.25, 0.3) is 0 Å². The first kappa shape index (κ1) is 10.9. The molecule has 0 spiro atoms. The van der Waals surface area contributed by atoms with Crippen LogP contribution in [-0.4, -0.2) is 55.6 Å². The second-order valence-corrected chi connectivity index (χ2v) is 3.44. The van der Waals surface area contributed by atoms with Crippen molar-refractivity contribution >= 4 is 0 Å². The molecule has 1 unspecified atom stereocenters. The van der Waals surface area contributed by atoms with Crippen molar-refractivity contribution in [3.63, 3.8) is 0 Å². The molecular formula is C9H20N2O2. The molecule has 0 aromatic carbocycles. The lowest BCUT2D eigenvalue weighted by atomic mass is 10.3. The van der Waals surface area contributed by atoms with Gasteiger partial charge in [-0.3, -0.25) is 10.2 Å². The van der Waals surface area contributed by atoms with Crippen LogP contribution < -0.4 is 5.32 Å². The Labute approximate surface area is 79.9 Å². The predicted molar refractivity (Wildman–Crippen MR) is 51.6 cm³/mol. The maximum atomic E-state index is 8.94. The molecule has 1 rings (SSSR count). The molecule has 0 aromatic rings. The molecule has 1 saturated heterocycles. The molecule has 1 fully saturated rings. The number of aliphatic hydroxyl groups is 1. The van der Waals surface area contributed by atoms with E-state index in [0.29, 0.717) is 0 Å². The van der Waals surface area contributed by atoms with E-state index in [0.717, 1.165) is 45.8 Å². The molecule has 78 valence electrons. The highest BCUT2D eigenvalue weighted by atomic mass is 16.5. The van der Waals surface area contributed by atoms with Gasteiger partial charge in [0.15, 0.2) is 0 Å². The average Bonchev–Trinajstić information content (AvgIpc) is 2.14. The van der Waals surface area contributed by atoms with Crippen molar-refractivity contribution in [3.05, 3.63) is 0 Å². The van der Waals surface area contributed by atoms with Gasteiger partial charge in [0.25, 0.3) is 0 Å². The van der Waals surface area contributed by atoms with Gasteiger partial charge in [-0.25, -0.2) is 0 Å². The molecule has 13 heavy (non-hydrogen) atoms. The molecule has 1 aliphatic rings. The zero-order chi connectivity index (χ0) is 9.52. The molecule has 0 saturated carbocycles. The van der Waals surface area contributed by atoms with Crippen molar-refractivity contribution in [1.82, 2.24) is 10.2 Å². The van der Waals surface area contributed by atoms with E-state index in [4.69, 9.17) is 9.84 Å². The number of morpholine rings is 1. The van der Waals surface area contributed by atoms with Crippen LogP contribution in [0.4, 0.5) is 0 Å². The quantitative estimate of drug-likeness (QED) is 0.457. The average molecular weight is 188 g/mol. The Balaban J connectivity index is 1.92. The first-order valence-corrected chi connectivity index (χ1v) is 5.00. The predicted octanol–water partition coefficient (Wildman–Crippen LogP) is -0.363. The number of aliphatic hydroxyl groups excluding tert-OH is 1. The SMILES string of the molecule is CC(O)NCCCN1CCOCC1. The third kappa shape index (κ3) is 5.21. The van der Waals surface area contributed by atoms with Gasteiger partial charge in [0, 0.05) is 13.1 Å². The second-order valence-electron chi connectivity index (χ2n) is 3.44. The fraction of sp³-hybridized carbons (Fsp3) is 1.00. The molecule has 4 nitrogen and oxygen atoms in total. The highest BCUT2D eigenvalue weighted by molar-refractivity contribution is 4.62. The summed E-state index contributed by atoms with van der Waals surface area (Å²) in [6.45, 7) is 7.56. The molecule has 1 heterocycles. The third-order valence-electron chi connectivity index (χ3n) is 2.19. The minimum Gasteiger partial charge on any atom is -0.379 e. The van der Waals surface area contributed by atoms with E-state index < -0.39 is 0 Å². The number of hydrogen-bond donors (Lipinski definition) is 2. The lowest BCUT2D eigenvalue weighted by Crippen LogP contribution is -2.38. The fourth-order valence-corrected chi connectivity index (χ4v) is 1.44. The molecule has 1 aliphatic heterocycles. The highest BCUT2D eigenvalue weighted by Crippen LogP contribution is 1.97. The summed E-state index contributed by atoms with van der Waals surface area (Å²) in [7, 11) is 0. The molecule has 2 N–H and O–H groups in total. The molecular weight excluding hydrogens is 168 g/mol. The Morgan fingerprint density at radius 1 is 1.46 bits per heavy atom. The van der Waals surface area contributed by atoms with Crippen molar-refractivity contribution in [2.24, 2.45) is 0 Å². The molecule has 1 atom stereocenters. The van der Waals surface area contributed by atoms with Gasteiger partial charge in [-0.2, -0.15) is 0 Å². The fourth-order valence-electron chi connectivity index (χ4n) is 1.44. The van der Waals surface area contributed by atoms with Crippen molar-refractivity contribution in [3.8, 4) is 0 Å². The zero-order valence-corrected chi connectivity index (χ0v) is 8.33. The minimum absolute atomic E-state index is 0.385. The van der Waals surface area contributed by atoms with Crippen LogP contribution in [-0.2, 0) is 4.74 Å². The van der Waals surface area contributed by atoms with Gasteiger partial charge in [0.2, 0.25) is 0 Å². The third-order valence-corrected chi connectivity index (χ3v) is 2.19. The molecule has 0 bridgehead atoms. The van der Waals surface area contributed by atoms with Gasteiger partial charge in [0.1, 0.15) is 6.23 Å². The minimum atomic E-state index is -0.385. The van der Waals surface area contributed by atoms with Gasteiger partial charge >= 0.3 is 0 Å². The summed E-state index contributed by atoms with van der Waals surface area (Å²) in [4.78, 5) is 2.40. The van der Waals surface area contributed by atoms with Crippen LogP contribution >= 0.6 is 0 Å². The normalized spacial score (nSPS) is 21.7. The lowest BCUT2D eigenvalue weighted by molar-refractivity contribution is 0.0368. The van der Waals surface area contributed by atoms with Crippen molar-refractivity contribution in [2.45, 2.75) is 19.6 Å².